The van der Waals surface area contributed by atoms with Gasteiger partial charge in [0.2, 0.25) is 11.8 Å². The van der Waals surface area contributed by atoms with Gasteiger partial charge in [-0.3, -0.25) is 9.59 Å². The van der Waals surface area contributed by atoms with Crippen LogP contribution in [0.5, 0.6) is 0 Å². The summed E-state index contributed by atoms with van der Waals surface area (Å²) in [7, 11) is 3.41. The van der Waals surface area contributed by atoms with Gasteiger partial charge >= 0.3 is 12.2 Å². The molecule has 44 heavy (non-hydrogen) atoms. The third-order valence-electron chi connectivity index (χ3n) is 10.1. The summed E-state index contributed by atoms with van der Waals surface area (Å²) in [6, 6.07) is 11.4. The zero-order valence-electron chi connectivity index (χ0n) is 26.2. The molecule has 7 nitrogen and oxygen atoms in total. The molecule has 3 aliphatic rings. The second kappa shape index (κ2) is 12.4. The van der Waals surface area contributed by atoms with Crippen LogP contribution in [0.15, 0.2) is 42.5 Å². The van der Waals surface area contributed by atoms with E-state index < -0.39 is 17.8 Å². The number of hydrogen-bond donors (Lipinski definition) is 0. The summed E-state index contributed by atoms with van der Waals surface area (Å²) in [4.78, 5) is 46.6. The largest absolute Gasteiger partial charge is 0.416 e. The molecule has 0 bridgehead atoms. The van der Waals surface area contributed by atoms with E-state index in [1.165, 1.54) is 0 Å². The van der Waals surface area contributed by atoms with Gasteiger partial charge < -0.3 is 19.6 Å². The summed E-state index contributed by atoms with van der Waals surface area (Å²) in [5.41, 5.74) is 2.51. The maximum Gasteiger partial charge on any atom is 0.416 e. The van der Waals surface area contributed by atoms with Crippen LogP contribution in [0.4, 0.5) is 18.0 Å². The number of carbonyl (C=O) groups is 3. The molecule has 238 valence electrons. The van der Waals surface area contributed by atoms with Crippen LogP contribution in [0.2, 0.25) is 0 Å². The van der Waals surface area contributed by atoms with Crippen molar-refractivity contribution >= 4 is 17.8 Å². The van der Waals surface area contributed by atoms with Crippen molar-refractivity contribution < 1.29 is 27.6 Å². The lowest BCUT2D eigenvalue weighted by atomic mass is 9.78. The Morgan fingerprint density at radius 2 is 1.70 bits per heavy atom. The summed E-state index contributed by atoms with van der Waals surface area (Å²) in [6.07, 6.45) is -2.77. The van der Waals surface area contributed by atoms with Crippen LogP contribution in [0.1, 0.15) is 66.0 Å². The van der Waals surface area contributed by atoms with Crippen LogP contribution >= 0.6 is 0 Å². The molecule has 0 radical (unpaired) electrons. The molecule has 0 saturated carbocycles. The molecule has 3 fully saturated rings. The molecular weight excluding hydrogens is 569 g/mol. The molecule has 3 aliphatic heterocycles. The lowest BCUT2D eigenvalue weighted by Crippen LogP contribution is -2.46. The summed E-state index contributed by atoms with van der Waals surface area (Å²) >= 11 is 0. The molecule has 5 atom stereocenters. The van der Waals surface area contributed by atoms with Crippen LogP contribution in [0.25, 0.3) is 0 Å². The highest BCUT2D eigenvalue weighted by atomic mass is 19.4. The fraction of sp³-hybridized carbons (Fsp3) is 0.559. The van der Waals surface area contributed by atoms with Crippen molar-refractivity contribution in [3.05, 3.63) is 70.3 Å². The van der Waals surface area contributed by atoms with Gasteiger partial charge in [-0.2, -0.15) is 13.2 Å². The van der Waals surface area contributed by atoms with Crippen molar-refractivity contribution in [2.24, 2.45) is 17.8 Å². The maximum absolute atomic E-state index is 14.0. The van der Waals surface area contributed by atoms with Crippen molar-refractivity contribution in [2.75, 3.05) is 46.8 Å². The van der Waals surface area contributed by atoms with Gasteiger partial charge in [0.1, 0.15) is 0 Å². The van der Waals surface area contributed by atoms with Gasteiger partial charge in [-0.15, -0.1) is 0 Å². The summed E-state index contributed by atoms with van der Waals surface area (Å²) in [6.45, 7) is 8.11. The lowest BCUT2D eigenvalue weighted by Gasteiger charge is -2.35. The Kier molecular flexibility index (Phi) is 9.01. The van der Waals surface area contributed by atoms with Gasteiger partial charge in [0.25, 0.3) is 0 Å². The highest BCUT2D eigenvalue weighted by molar-refractivity contribution is 5.84. The number of halogens is 3. The number of amides is 4. The van der Waals surface area contributed by atoms with E-state index in [2.05, 4.69) is 19.1 Å². The van der Waals surface area contributed by atoms with E-state index in [9.17, 15) is 27.6 Å². The molecular formula is C34H43F3N4O3. The number of nitrogens with zero attached hydrogens (tertiary/aromatic N) is 4. The molecule has 2 aromatic rings. The molecule has 4 amide bonds. The topological polar surface area (TPSA) is 64.2 Å². The molecule has 3 heterocycles. The molecule has 0 spiro atoms. The van der Waals surface area contributed by atoms with E-state index in [0.29, 0.717) is 56.7 Å². The molecule has 5 unspecified atom stereocenters. The van der Waals surface area contributed by atoms with Crippen molar-refractivity contribution in [3.63, 3.8) is 0 Å². The number of likely N-dealkylation sites (tertiary alicyclic amines) is 3. The van der Waals surface area contributed by atoms with Gasteiger partial charge in [-0.05, 0) is 74.3 Å². The first-order chi connectivity index (χ1) is 20.7. The molecule has 10 heteroatoms. The normalized spacial score (nSPS) is 25.0. The van der Waals surface area contributed by atoms with Crippen LogP contribution < -0.4 is 0 Å². The average Bonchev–Trinajstić information content (AvgIpc) is 3.32. The third-order valence-corrected chi connectivity index (χ3v) is 10.1. The minimum Gasteiger partial charge on any atom is -0.345 e. The Morgan fingerprint density at radius 1 is 0.977 bits per heavy atom. The standard InChI is InChI=1S/C34H43F3N4O3/c1-21-14-26(16-27(15-21)34(35,36)37)23(3)39(5)33(44)40-13-12-24-18-41(32(43)25-10-11-31(42)38(4)17-25)19-29(24)30(20-40)28-9-7-6-8-22(28)2/h6-9,14-16,23-25,29-30H,10-13,17-20H2,1-5H3. The smallest absolute Gasteiger partial charge is 0.345 e. The van der Waals surface area contributed by atoms with E-state index >= 15 is 0 Å². The number of alkyl halides is 3. The second-order valence-electron chi connectivity index (χ2n) is 13.1. The van der Waals surface area contributed by atoms with Gasteiger partial charge in [0.15, 0.2) is 0 Å². The number of carbonyl (C=O) groups excluding carboxylic acids is 3. The quantitative estimate of drug-likeness (QED) is 0.434. The van der Waals surface area contributed by atoms with Crippen molar-refractivity contribution in [1.29, 1.82) is 0 Å². The summed E-state index contributed by atoms with van der Waals surface area (Å²) in [5.74, 6) is 0.365. The number of piperidine rings is 1. The van der Waals surface area contributed by atoms with E-state index in [1.807, 2.05) is 21.9 Å². The maximum atomic E-state index is 14.0. The van der Waals surface area contributed by atoms with Crippen molar-refractivity contribution in [1.82, 2.24) is 19.6 Å². The third kappa shape index (κ3) is 6.44. The first-order valence-corrected chi connectivity index (χ1v) is 15.5. The lowest BCUT2D eigenvalue weighted by molar-refractivity contribution is -0.141. The first-order valence-electron chi connectivity index (χ1n) is 15.5. The molecule has 3 saturated heterocycles. The molecule has 0 aliphatic carbocycles. The monoisotopic (exact) mass is 612 g/mol. The van der Waals surface area contributed by atoms with E-state index in [1.54, 1.807) is 43.8 Å². The minimum atomic E-state index is -4.47. The Hall–Kier alpha value is -3.56. The molecule has 0 N–H and O–H groups in total. The fourth-order valence-corrected chi connectivity index (χ4v) is 7.43. The van der Waals surface area contributed by atoms with Crippen molar-refractivity contribution in [2.45, 2.75) is 58.2 Å². The Balaban J connectivity index is 1.37. The molecule has 0 aromatic heterocycles. The molecule has 5 rings (SSSR count). The van der Waals surface area contributed by atoms with Gasteiger partial charge in [-0.1, -0.05) is 35.9 Å². The Labute approximate surface area is 258 Å². The van der Waals surface area contributed by atoms with Crippen LogP contribution in [-0.2, 0) is 15.8 Å². The number of benzene rings is 2. The number of rotatable bonds is 4. The predicted octanol–water partition coefficient (Wildman–Crippen LogP) is 5.87. The van der Waals surface area contributed by atoms with Gasteiger partial charge in [0, 0.05) is 59.2 Å². The molecule has 2 aromatic carbocycles. The van der Waals surface area contributed by atoms with E-state index in [4.69, 9.17) is 0 Å². The highest BCUT2D eigenvalue weighted by Crippen LogP contribution is 2.43. The van der Waals surface area contributed by atoms with Gasteiger partial charge in [0.05, 0.1) is 17.5 Å². The average molecular weight is 613 g/mol. The summed E-state index contributed by atoms with van der Waals surface area (Å²) < 4.78 is 40.6. The van der Waals surface area contributed by atoms with Gasteiger partial charge in [-0.25, -0.2) is 4.79 Å². The Morgan fingerprint density at radius 3 is 2.39 bits per heavy atom. The van der Waals surface area contributed by atoms with Crippen LogP contribution in [-0.4, -0.2) is 84.3 Å². The predicted molar refractivity (Wildman–Crippen MR) is 162 cm³/mol. The highest BCUT2D eigenvalue weighted by Gasteiger charge is 2.45. The number of fused-ring (bicyclic) bond motifs is 1. The Bertz CT molecular complexity index is 1410. The van der Waals surface area contributed by atoms with E-state index in [0.717, 1.165) is 29.7 Å². The zero-order chi connectivity index (χ0) is 31.9. The number of urea groups is 1. The second-order valence-corrected chi connectivity index (χ2v) is 13.1. The first kappa shape index (κ1) is 31.9. The summed E-state index contributed by atoms with van der Waals surface area (Å²) in [5, 5.41) is 0. The van der Waals surface area contributed by atoms with Crippen LogP contribution in [0, 0.1) is 31.6 Å². The van der Waals surface area contributed by atoms with Crippen LogP contribution in [0.3, 0.4) is 0 Å². The van der Waals surface area contributed by atoms with E-state index in [-0.39, 0.29) is 41.5 Å². The number of hydrogen-bond acceptors (Lipinski definition) is 3. The number of aryl methyl sites for hydroxylation is 2. The van der Waals surface area contributed by atoms with Crippen molar-refractivity contribution in [3.8, 4) is 0 Å². The minimum absolute atomic E-state index is 0.000523. The SMILES string of the molecule is Cc1cc(C(C)N(C)C(=O)N2CCC3CN(C(=O)C4CCC(=O)N(C)C4)CC3C(c3ccccc3C)C2)cc(C(F)(F)F)c1. The zero-order valence-corrected chi connectivity index (χ0v) is 26.2. The fourth-order valence-electron chi connectivity index (χ4n) is 7.43.